The van der Waals surface area contributed by atoms with Crippen molar-refractivity contribution in [2.24, 2.45) is 0 Å². The number of halogens is 1. The number of rotatable bonds is 7. The highest BCUT2D eigenvalue weighted by Crippen LogP contribution is 2.21. The molecule has 26 heavy (non-hydrogen) atoms. The summed E-state index contributed by atoms with van der Waals surface area (Å²) in [5.74, 6) is 0.0783. The number of hydrogen-bond acceptors (Lipinski definition) is 3. The maximum Gasteiger partial charge on any atom is 0.220 e. The quantitative estimate of drug-likeness (QED) is 0.618. The van der Waals surface area contributed by atoms with E-state index >= 15 is 0 Å². The molecule has 0 saturated carbocycles. The van der Waals surface area contributed by atoms with Gasteiger partial charge in [-0.05, 0) is 43.0 Å². The smallest absolute Gasteiger partial charge is 0.220 e. The number of nitrogens with zero attached hydrogens (tertiary/aromatic N) is 1. The molecule has 1 amide bonds. The van der Waals surface area contributed by atoms with Crippen molar-refractivity contribution >= 4 is 28.8 Å². The number of thiazole rings is 1. The predicted octanol–water partition coefficient (Wildman–Crippen LogP) is 5.06. The lowest BCUT2D eigenvalue weighted by Gasteiger charge is -2.06. The lowest BCUT2D eigenvalue weighted by Crippen LogP contribution is -2.25. The molecule has 0 fully saturated rings. The molecule has 3 aromatic rings. The minimum atomic E-state index is 0.0783. The van der Waals surface area contributed by atoms with Gasteiger partial charge in [0.05, 0.1) is 10.7 Å². The Labute approximate surface area is 163 Å². The van der Waals surface area contributed by atoms with E-state index in [0.717, 1.165) is 34.7 Å². The van der Waals surface area contributed by atoms with Crippen molar-refractivity contribution in [3.8, 4) is 11.3 Å². The summed E-state index contributed by atoms with van der Waals surface area (Å²) in [5.41, 5.74) is 4.48. The molecule has 0 radical (unpaired) electrons. The van der Waals surface area contributed by atoms with E-state index in [0.29, 0.717) is 18.0 Å². The topological polar surface area (TPSA) is 42.0 Å². The summed E-state index contributed by atoms with van der Waals surface area (Å²) in [6, 6.07) is 16.0. The van der Waals surface area contributed by atoms with Crippen LogP contribution in [0.5, 0.6) is 0 Å². The first-order valence-corrected chi connectivity index (χ1v) is 9.88. The summed E-state index contributed by atoms with van der Waals surface area (Å²) in [6.45, 7) is 2.66. The Hall–Kier alpha value is -2.17. The molecule has 0 atom stereocenters. The Morgan fingerprint density at radius 3 is 2.35 bits per heavy atom. The van der Waals surface area contributed by atoms with E-state index in [-0.39, 0.29) is 5.91 Å². The van der Waals surface area contributed by atoms with E-state index in [1.54, 1.807) is 11.3 Å². The summed E-state index contributed by atoms with van der Waals surface area (Å²) in [7, 11) is 0. The first-order chi connectivity index (χ1) is 12.6. The third-order valence-electron chi connectivity index (χ3n) is 4.16. The zero-order valence-electron chi connectivity index (χ0n) is 14.7. The summed E-state index contributed by atoms with van der Waals surface area (Å²) in [5, 5.41) is 6.85. The molecule has 0 spiro atoms. The first kappa shape index (κ1) is 18.6. The van der Waals surface area contributed by atoms with E-state index in [2.05, 4.69) is 39.9 Å². The second-order valence-electron chi connectivity index (χ2n) is 6.18. The van der Waals surface area contributed by atoms with E-state index in [9.17, 15) is 4.79 Å². The molecule has 134 valence electrons. The fraction of sp³-hybridized carbons (Fsp3) is 0.238. The molecular formula is C21H21ClN2OS. The summed E-state index contributed by atoms with van der Waals surface area (Å²) >= 11 is 7.52. The average molecular weight is 385 g/mol. The summed E-state index contributed by atoms with van der Waals surface area (Å²) in [6.07, 6.45) is 2.04. The lowest BCUT2D eigenvalue weighted by molar-refractivity contribution is -0.121. The zero-order chi connectivity index (χ0) is 18.4. The molecule has 1 N–H and O–H groups in total. The lowest BCUT2D eigenvalue weighted by atomic mass is 10.1. The maximum atomic E-state index is 12.0. The third kappa shape index (κ3) is 5.41. The molecule has 1 aromatic heterocycles. The first-order valence-electron chi connectivity index (χ1n) is 8.63. The molecule has 0 aliphatic heterocycles. The molecule has 0 saturated heterocycles. The second kappa shape index (κ2) is 8.97. The van der Waals surface area contributed by atoms with E-state index < -0.39 is 0 Å². The predicted molar refractivity (Wildman–Crippen MR) is 109 cm³/mol. The zero-order valence-corrected chi connectivity index (χ0v) is 16.2. The molecule has 0 unspecified atom stereocenters. The van der Waals surface area contributed by atoms with Gasteiger partial charge >= 0.3 is 0 Å². The molecule has 0 aliphatic rings. The summed E-state index contributed by atoms with van der Waals surface area (Å²) < 4.78 is 0. The van der Waals surface area contributed by atoms with Crippen molar-refractivity contribution in [1.82, 2.24) is 10.3 Å². The number of nitrogens with one attached hydrogen (secondary N) is 1. The van der Waals surface area contributed by atoms with Crippen LogP contribution in [0.15, 0.2) is 53.9 Å². The normalized spacial score (nSPS) is 10.7. The Morgan fingerprint density at radius 2 is 1.69 bits per heavy atom. The third-order valence-corrected chi connectivity index (χ3v) is 5.18. The summed E-state index contributed by atoms with van der Waals surface area (Å²) in [4.78, 5) is 16.5. The van der Waals surface area contributed by atoms with Gasteiger partial charge < -0.3 is 5.32 Å². The van der Waals surface area contributed by atoms with Gasteiger partial charge in [-0.15, -0.1) is 11.3 Å². The standard InChI is InChI=1S/C21H21ClN2OS/c1-15-24-20(14-26-15)18-7-2-17(3-8-18)12-13-23-21(25)11-6-16-4-9-19(22)10-5-16/h2-5,7-10,14H,6,11-13H2,1H3,(H,23,25). The Balaban J connectivity index is 1.41. The molecule has 1 heterocycles. The van der Waals surface area contributed by atoms with Crippen LogP contribution in [-0.2, 0) is 17.6 Å². The van der Waals surface area contributed by atoms with Crippen molar-refractivity contribution in [1.29, 1.82) is 0 Å². The largest absolute Gasteiger partial charge is 0.356 e. The molecule has 2 aromatic carbocycles. The minimum absolute atomic E-state index is 0.0783. The van der Waals surface area contributed by atoms with Crippen LogP contribution in [0.1, 0.15) is 22.6 Å². The van der Waals surface area contributed by atoms with Gasteiger partial charge in [-0.1, -0.05) is 48.0 Å². The number of hydrogen-bond donors (Lipinski definition) is 1. The van der Waals surface area contributed by atoms with Gasteiger partial charge in [-0.25, -0.2) is 4.98 Å². The van der Waals surface area contributed by atoms with Gasteiger partial charge in [0.25, 0.3) is 0 Å². The highest BCUT2D eigenvalue weighted by atomic mass is 35.5. The number of aromatic nitrogens is 1. The second-order valence-corrected chi connectivity index (χ2v) is 7.67. The fourth-order valence-corrected chi connectivity index (χ4v) is 3.43. The molecule has 5 heteroatoms. The Morgan fingerprint density at radius 1 is 1.04 bits per heavy atom. The van der Waals surface area contributed by atoms with Crippen molar-refractivity contribution in [2.75, 3.05) is 6.54 Å². The highest BCUT2D eigenvalue weighted by Gasteiger charge is 2.04. The average Bonchev–Trinajstić information content (AvgIpc) is 3.08. The van der Waals surface area contributed by atoms with E-state index in [1.165, 1.54) is 5.56 Å². The van der Waals surface area contributed by atoms with Crippen LogP contribution >= 0.6 is 22.9 Å². The van der Waals surface area contributed by atoms with Crippen molar-refractivity contribution in [3.05, 3.63) is 75.1 Å². The maximum absolute atomic E-state index is 12.0. The van der Waals surface area contributed by atoms with Crippen molar-refractivity contribution < 1.29 is 4.79 Å². The molecular weight excluding hydrogens is 364 g/mol. The van der Waals surface area contributed by atoms with Gasteiger partial charge in [0.15, 0.2) is 0 Å². The van der Waals surface area contributed by atoms with Crippen molar-refractivity contribution in [3.63, 3.8) is 0 Å². The van der Waals surface area contributed by atoms with Gasteiger partial charge in [0.2, 0.25) is 5.91 Å². The molecule has 3 rings (SSSR count). The number of carbonyl (C=O) groups is 1. The number of benzene rings is 2. The molecule has 0 aliphatic carbocycles. The van der Waals surface area contributed by atoms with Crippen LogP contribution in [0, 0.1) is 6.92 Å². The monoisotopic (exact) mass is 384 g/mol. The van der Waals surface area contributed by atoms with Gasteiger partial charge in [-0.3, -0.25) is 4.79 Å². The SMILES string of the molecule is Cc1nc(-c2ccc(CCNC(=O)CCc3ccc(Cl)cc3)cc2)cs1. The molecule has 0 bridgehead atoms. The Bertz CT molecular complexity index is 856. The number of amides is 1. The minimum Gasteiger partial charge on any atom is -0.356 e. The van der Waals surface area contributed by atoms with Crippen LogP contribution in [0.3, 0.4) is 0 Å². The Kier molecular flexibility index (Phi) is 6.42. The van der Waals surface area contributed by atoms with Crippen LogP contribution in [0.4, 0.5) is 0 Å². The van der Waals surface area contributed by atoms with Gasteiger partial charge in [0.1, 0.15) is 0 Å². The highest BCUT2D eigenvalue weighted by molar-refractivity contribution is 7.09. The van der Waals surface area contributed by atoms with Crippen LogP contribution in [0.2, 0.25) is 5.02 Å². The van der Waals surface area contributed by atoms with Crippen LogP contribution in [-0.4, -0.2) is 17.4 Å². The van der Waals surface area contributed by atoms with Gasteiger partial charge in [-0.2, -0.15) is 0 Å². The van der Waals surface area contributed by atoms with Crippen LogP contribution in [0.25, 0.3) is 11.3 Å². The number of carbonyl (C=O) groups excluding carboxylic acids is 1. The van der Waals surface area contributed by atoms with Crippen LogP contribution < -0.4 is 5.32 Å². The number of aryl methyl sites for hydroxylation is 2. The fourth-order valence-electron chi connectivity index (χ4n) is 2.68. The molecule has 3 nitrogen and oxygen atoms in total. The van der Waals surface area contributed by atoms with Crippen molar-refractivity contribution in [2.45, 2.75) is 26.2 Å². The van der Waals surface area contributed by atoms with Gasteiger partial charge in [0, 0.05) is 28.9 Å². The van der Waals surface area contributed by atoms with E-state index in [1.807, 2.05) is 31.2 Å². The van der Waals surface area contributed by atoms with E-state index in [4.69, 9.17) is 11.6 Å².